The van der Waals surface area contributed by atoms with Gasteiger partial charge in [-0.3, -0.25) is 53.0 Å². The maximum absolute atomic E-state index is 14.2. The van der Waals surface area contributed by atoms with Crippen LogP contribution in [0.25, 0.3) is 0 Å². The van der Waals surface area contributed by atoms with Crippen molar-refractivity contribution in [3.63, 3.8) is 0 Å². The van der Waals surface area contributed by atoms with Crippen LogP contribution in [0.3, 0.4) is 0 Å². The molecule has 36 heteroatoms. The van der Waals surface area contributed by atoms with Gasteiger partial charge in [-0.25, -0.2) is 14.4 Å². The van der Waals surface area contributed by atoms with Gasteiger partial charge in [-0.2, -0.15) is 0 Å². The molecule has 0 radical (unpaired) electrons. The quantitative estimate of drug-likeness (QED) is 0.0180. The lowest BCUT2D eigenvalue weighted by Gasteiger charge is -2.43. The van der Waals surface area contributed by atoms with E-state index in [1.54, 1.807) is 13.8 Å². The van der Waals surface area contributed by atoms with Crippen LogP contribution in [0.5, 0.6) is 17.2 Å². The number of likely N-dealkylation sites (tertiary alicyclic amines) is 1. The molecule has 36 nitrogen and oxygen atoms in total. The maximum atomic E-state index is 14.2. The molecule has 3 aromatic carbocycles. The second-order valence-electron chi connectivity index (χ2n) is 29.0. The van der Waals surface area contributed by atoms with Gasteiger partial charge in [-0.05, 0) is 44.2 Å². The number of likely N-dealkylation sites (N-methyl/N-ethyl adjacent to an activating group) is 2. The van der Waals surface area contributed by atoms with E-state index in [1.165, 1.54) is 58.5 Å². The topological polar surface area (TPSA) is 463 Å². The Morgan fingerprint density at radius 3 is 2.04 bits per heavy atom. The molecule has 4 aliphatic heterocycles. The Balaban J connectivity index is 0.000000299. The van der Waals surface area contributed by atoms with Gasteiger partial charge >= 0.3 is 18.2 Å². The number of rotatable bonds is 40. The zero-order valence-corrected chi connectivity index (χ0v) is 66.3. The highest BCUT2D eigenvalue weighted by Gasteiger charge is 2.56. The number of phenolic OH excluding ortho intramolecular Hbond substituents is 2. The number of ketones is 4. The first-order valence-corrected chi connectivity index (χ1v) is 38.2. The number of aryl methyl sites for hydroxylation is 1. The van der Waals surface area contributed by atoms with E-state index in [2.05, 4.69) is 26.2 Å². The summed E-state index contributed by atoms with van der Waals surface area (Å²) < 4.78 is 68.3. The van der Waals surface area contributed by atoms with E-state index < -0.39 is 132 Å². The standard InChI is InChI=1S/C46H53N3O16.C32H56N6O11/c1-23-10-12-25(13-11-23)21-61-44(55)47(3)14-15-48(4)45(56)62-22-31(50)46(57)19-27-34(40(54)36-35(38(27)52)37(51)26-8-7-9-29(58-5)33(26)39(36)53)30(20-46)64-32-18-28-41(24(2)63-32)65-42-43(59-6)60-17-16-49(28)42;1-22(2)29(25(39)21-24(30(43)34-4)6-5-9-36-32(33)45)37-27(41)8-12-46-14-16-48-18-19-49-17-15-47-13-10-35-26(40)7-11-38-28(42)20-23(3)31(38)44/h7-13,24,28,30,32,41-43,52,54,57H,14-22H2,1-6H3;22-24,29H,5-21H2,1-4H3,(H,34,43)(H,35,40)(H,37,41)(H3,33,36,45)/t24-,28-,30-,32?,41+,42+,43-,46-;23?,24-,29+/m01/s1. The molecular formula is C78H109N9O27. The Hall–Kier alpha value is -9.34. The van der Waals surface area contributed by atoms with Gasteiger partial charge in [0.05, 0.1) is 102 Å². The highest BCUT2D eigenvalue weighted by Crippen LogP contribution is 2.53. The summed E-state index contributed by atoms with van der Waals surface area (Å²) in [7, 11) is 7.26. The number of Topliss-reactive ketones (excluding diaryl/α,β-unsaturated/α-hetero) is 2. The van der Waals surface area contributed by atoms with Crippen LogP contribution in [-0.4, -0.2) is 295 Å². The van der Waals surface area contributed by atoms with Crippen molar-refractivity contribution in [2.24, 2.45) is 23.5 Å². The Kier molecular flexibility index (Phi) is 33.9. The molecule has 9 amide bonds. The third kappa shape index (κ3) is 23.7. The summed E-state index contributed by atoms with van der Waals surface area (Å²) in [6, 6.07) is 10.3. The summed E-state index contributed by atoms with van der Waals surface area (Å²) in [6.07, 6.45) is -5.96. The zero-order valence-electron chi connectivity index (χ0n) is 66.3. The number of fused-ring (bicyclic) bond motifs is 6. The maximum Gasteiger partial charge on any atom is 0.409 e. The number of hydrogen-bond donors (Lipinski definition) is 8. The molecule has 0 saturated carbocycles. The number of phenols is 2. The Labute approximate surface area is 661 Å². The molecule has 4 heterocycles. The number of carbonyl (C=O) groups is 12. The molecule has 114 heavy (non-hydrogen) atoms. The number of ether oxygens (including phenoxy) is 12. The fourth-order valence-electron chi connectivity index (χ4n) is 14.2. The molecule has 0 aromatic heterocycles. The molecule has 0 spiro atoms. The summed E-state index contributed by atoms with van der Waals surface area (Å²) in [6.45, 7) is 12.3. The first kappa shape index (κ1) is 90.2. The van der Waals surface area contributed by atoms with Crippen molar-refractivity contribution in [1.29, 1.82) is 0 Å². The number of carbonyl (C=O) groups excluding carboxylic acids is 12. The van der Waals surface area contributed by atoms with Crippen molar-refractivity contribution >= 4 is 70.9 Å². The lowest BCUT2D eigenvalue weighted by atomic mass is 9.72. The number of aromatic hydroxyl groups is 2. The average molecular weight is 1600 g/mol. The predicted molar refractivity (Wildman–Crippen MR) is 401 cm³/mol. The fraction of sp³-hybridized carbons (Fsp3) is 0.615. The van der Waals surface area contributed by atoms with Crippen molar-refractivity contribution in [3.8, 4) is 17.2 Å². The summed E-state index contributed by atoms with van der Waals surface area (Å²) >= 11 is 0. The van der Waals surface area contributed by atoms with Crippen LogP contribution in [0.4, 0.5) is 14.4 Å². The van der Waals surface area contributed by atoms with Crippen molar-refractivity contribution in [3.05, 3.63) is 87.0 Å². The smallest absolute Gasteiger partial charge is 0.409 e. The van der Waals surface area contributed by atoms with Crippen LogP contribution in [0.1, 0.15) is 139 Å². The van der Waals surface area contributed by atoms with E-state index in [0.717, 1.165) is 20.9 Å². The number of morpholine rings is 1. The first-order chi connectivity index (χ1) is 54.4. The normalized spacial score (nSPS) is 22.0. The summed E-state index contributed by atoms with van der Waals surface area (Å²) in [5.41, 5.74) is 3.00. The van der Waals surface area contributed by atoms with E-state index >= 15 is 0 Å². The van der Waals surface area contributed by atoms with E-state index in [-0.39, 0.29) is 153 Å². The molecule has 9 rings (SSSR count). The largest absolute Gasteiger partial charge is 0.507 e. The second-order valence-corrected chi connectivity index (χ2v) is 29.0. The molecule has 11 atom stereocenters. The molecule has 4 saturated heterocycles. The van der Waals surface area contributed by atoms with E-state index in [9.17, 15) is 72.9 Å². The molecule has 2 aliphatic carbocycles. The summed E-state index contributed by atoms with van der Waals surface area (Å²) in [5.74, 6) is -6.60. The van der Waals surface area contributed by atoms with Crippen molar-refractivity contribution in [2.75, 3.05) is 141 Å². The first-order valence-electron chi connectivity index (χ1n) is 38.2. The monoisotopic (exact) mass is 1600 g/mol. The number of primary amides is 1. The van der Waals surface area contributed by atoms with Gasteiger partial charge in [-0.15, -0.1) is 0 Å². The number of nitrogens with zero attached hydrogens (tertiary/aromatic N) is 4. The lowest BCUT2D eigenvalue weighted by Crippen LogP contribution is -2.55. The van der Waals surface area contributed by atoms with Crippen molar-refractivity contribution < 1.29 is 130 Å². The van der Waals surface area contributed by atoms with Crippen LogP contribution < -0.4 is 31.7 Å². The SMILES string of the molecule is CNC(=O)[C@H](CCCNC(N)=O)CC(=O)[C@@H](NC(=O)CCOCCOCCOCCOCCNC(=O)CCN1C(=O)CC(C)C1=O)C(C)C.COc1cccc2c1C(=O)c1c(O)c3c(c(O)c1C2=O)C[C@@](O)(C(=O)COC(=O)N(C)CCN(C)C(=O)OCc1ccc(C)cc1)C[C@@H]3OC1C[C@H]2[C@H](O[C@@H]3[C@@H](OC)OCCN32)[C@H](C)O1. The van der Waals surface area contributed by atoms with Gasteiger partial charge in [0.1, 0.15) is 35.6 Å². The minimum atomic E-state index is -2.40. The number of nitrogens with one attached hydrogen (secondary N) is 4. The van der Waals surface area contributed by atoms with Crippen LogP contribution in [0.15, 0.2) is 42.5 Å². The summed E-state index contributed by atoms with van der Waals surface area (Å²) in [5, 5.41) is 46.7. The molecule has 9 N–H and O–H groups in total. The number of nitrogens with two attached hydrogens (primary N) is 1. The summed E-state index contributed by atoms with van der Waals surface area (Å²) in [4.78, 5) is 158. The van der Waals surface area contributed by atoms with Gasteiger partial charge in [0.25, 0.3) is 0 Å². The van der Waals surface area contributed by atoms with E-state index in [1.807, 2.05) is 45.0 Å². The fourth-order valence-corrected chi connectivity index (χ4v) is 14.2. The third-order valence-electron chi connectivity index (χ3n) is 20.5. The highest BCUT2D eigenvalue weighted by molar-refractivity contribution is 6.31. The molecule has 4 fully saturated rings. The average Bonchev–Trinajstić information content (AvgIpc) is 0.858. The minimum Gasteiger partial charge on any atom is -0.507 e. The number of benzene rings is 3. The second kappa shape index (κ2) is 42.9. The zero-order chi connectivity index (χ0) is 83.1. The molecule has 0 bridgehead atoms. The number of hydrogen-bond acceptors (Lipinski definition) is 28. The highest BCUT2D eigenvalue weighted by atomic mass is 16.7. The Morgan fingerprint density at radius 2 is 1.42 bits per heavy atom. The molecular weight excluding hydrogens is 1490 g/mol. The van der Waals surface area contributed by atoms with Crippen LogP contribution in [-0.2, 0) is 98.7 Å². The van der Waals surface area contributed by atoms with Gasteiger partial charge in [0.2, 0.25) is 41.1 Å². The number of aliphatic hydroxyl groups is 1. The number of imide groups is 1. The number of urea groups is 1. The molecule has 3 aromatic rings. The van der Waals surface area contributed by atoms with E-state index in [0.29, 0.717) is 78.7 Å². The van der Waals surface area contributed by atoms with Gasteiger partial charge in [0.15, 0.2) is 37.0 Å². The van der Waals surface area contributed by atoms with Gasteiger partial charge in [-0.1, -0.05) is 62.7 Å². The van der Waals surface area contributed by atoms with Crippen LogP contribution in [0, 0.1) is 24.7 Å². The van der Waals surface area contributed by atoms with Crippen molar-refractivity contribution in [2.45, 2.75) is 154 Å². The number of methoxy groups -OCH3 is 2. The molecule has 2 unspecified atom stereocenters. The lowest BCUT2D eigenvalue weighted by molar-refractivity contribution is -0.256. The Bertz CT molecular complexity index is 3900. The number of amides is 9. The molecule has 6 aliphatic rings. The van der Waals surface area contributed by atoms with Crippen LogP contribution in [0.2, 0.25) is 0 Å². The van der Waals surface area contributed by atoms with Gasteiger partial charge in [0, 0.05) is 147 Å². The van der Waals surface area contributed by atoms with E-state index in [4.69, 9.17) is 62.6 Å². The van der Waals surface area contributed by atoms with Crippen molar-refractivity contribution in [1.82, 2.24) is 40.9 Å². The minimum absolute atomic E-state index is 0.000745. The van der Waals surface area contributed by atoms with Crippen LogP contribution >= 0.6 is 0 Å². The Morgan fingerprint density at radius 1 is 0.772 bits per heavy atom. The van der Waals surface area contributed by atoms with Gasteiger partial charge < -0.3 is 109 Å². The third-order valence-corrected chi connectivity index (χ3v) is 20.5. The molecule has 628 valence electrons. The predicted octanol–water partition coefficient (Wildman–Crippen LogP) is 2.62.